The van der Waals surface area contributed by atoms with Crippen LogP contribution in [0.2, 0.25) is 0 Å². The number of para-hydroxylation sites is 1. The van der Waals surface area contributed by atoms with Crippen molar-refractivity contribution in [1.29, 1.82) is 0 Å². The summed E-state index contributed by atoms with van der Waals surface area (Å²) in [5.74, 6) is -0.985. The average Bonchev–Trinajstić information content (AvgIpc) is 2.26. The quantitative estimate of drug-likeness (QED) is 0.775. The van der Waals surface area contributed by atoms with Gasteiger partial charge in [0.25, 0.3) is 0 Å². The second-order valence-corrected chi connectivity index (χ2v) is 5.91. The molecule has 0 heterocycles. The molecule has 0 aliphatic rings. The summed E-state index contributed by atoms with van der Waals surface area (Å²) in [6.07, 6.45) is -5.07. The van der Waals surface area contributed by atoms with Gasteiger partial charge in [-0.2, -0.15) is 12.4 Å². The molecule has 0 saturated heterocycles. The number of hydrogen-bond acceptors (Lipinski definition) is 6. The van der Waals surface area contributed by atoms with Crippen molar-refractivity contribution in [1.82, 2.24) is 0 Å². The van der Waals surface area contributed by atoms with Crippen molar-refractivity contribution in [2.24, 2.45) is 0 Å². The molecule has 0 aliphatic heterocycles. The highest BCUT2D eigenvalue weighted by atomic mass is 32.2. The minimum Gasteiger partial charge on any atom is -0.404 e. The van der Waals surface area contributed by atoms with Crippen molar-refractivity contribution in [2.75, 3.05) is 7.11 Å². The first-order valence-electron chi connectivity index (χ1n) is 4.53. The molecule has 0 bridgehead atoms. The Balaban J connectivity index is 3.16. The van der Waals surface area contributed by atoms with Crippen LogP contribution in [0.25, 0.3) is 0 Å². The van der Waals surface area contributed by atoms with E-state index in [0.29, 0.717) is 0 Å². The van der Waals surface area contributed by atoms with Crippen LogP contribution in [0.15, 0.2) is 29.2 Å². The van der Waals surface area contributed by atoms with Gasteiger partial charge in [0.15, 0.2) is 5.75 Å². The van der Waals surface area contributed by atoms with Crippen LogP contribution in [-0.2, 0) is 23.2 Å². The highest BCUT2D eigenvalue weighted by Crippen LogP contribution is 2.35. The van der Waals surface area contributed by atoms with E-state index in [0.717, 1.165) is 31.4 Å². The van der Waals surface area contributed by atoms with Crippen molar-refractivity contribution in [3.63, 3.8) is 0 Å². The summed E-state index contributed by atoms with van der Waals surface area (Å²) in [4.78, 5) is -0.900. The zero-order chi connectivity index (χ0) is 14.7. The SMILES string of the molecule is CO[PH](=O)OS(=O)(=O)c1ccccc1OC(F)(F)F. The predicted octanol–water partition coefficient (Wildman–Crippen LogP) is 2.33. The molecule has 0 N–H and O–H groups in total. The Hall–Kier alpha value is -1.09. The molecular weight excluding hydrogens is 312 g/mol. The molecule has 11 heteroatoms. The van der Waals surface area contributed by atoms with Crippen molar-refractivity contribution in [3.05, 3.63) is 24.3 Å². The smallest absolute Gasteiger partial charge is 0.404 e. The van der Waals surface area contributed by atoms with Crippen LogP contribution in [0.5, 0.6) is 5.75 Å². The molecule has 1 atom stereocenters. The van der Waals surface area contributed by atoms with E-state index >= 15 is 0 Å². The monoisotopic (exact) mass is 320 g/mol. The van der Waals surface area contributed by atoms with Gasteiger partial charge >= 0.3 is 24.7 Å². The molecule has 6 nitrogen and oxygen atoms in total. The van der Waals surface area contributed by atoms with Crippen molar-refractivity contribution < 1.29 is 39.4 Å². The molecule has 0 amide bonds. The highest BCUT2D eigenvalue weighted by Gasteiger charge is 2.34. The molecule has 0 aromatic heterocycles. The van der Waals surface area contributed by atoms with Gasteiger partial charge in [0.05, 0.1) is 0 Å². The maximum atomic E-state index is 12.1. The third-order valence-electron chi connectivity index (χ3n) is 1.69. The maximum Gasteiger partial charge on any atom is 0.573 e. The van der Waals surface area contributed by atoms with Crippen LogP contribution in [0.1, 0.15) is 0 Å². The van der Waals surface area contributed by atoms with E-state index in [2.05, 4.69) is 13.2 Å². The molecule has 108 valence electrons. The first kappa shape index (κ1) is 16.0. The molecule has 1 rings (SSSR count). The number of alkyl halides is 3. The molecule has 0 saturated carbocycles. The number of hydrogen-bond donors (Lipinski definition) is 0. The predicted molar refractivity (Wildman–Crippen MR) is 57.4 cm³/mol. The second kappa shape index (κ2) is 5.91. The normalized spacial score (nSPS) is 14.1. The summed E-state index contributed by atoms with van der Waals surface area (Å²) in [5, 5.41) is 0. The molecular formula is C8H8F3O6PS. The Morgan fingerprint density at radius 3 is 2.32 bits per heavy atom. The van der Waals surface area contributed by atoms with Crippen LogP contribution < -0.4 is 4.74 Å². The van der Waals surface area contributed by atoms with Crippen molar-refractivity contribution >= 4 is 18.4 Å². The molecule has 0 spiro atoms. The van der Waals surface area contributed by atoms with Crippen LogP contribution >= 0.6 is 8.25 Å². The van der Waals surface area contributed by atoms with Gasteiger partial charge in [0.1, 0.15) is 4.90 Å². The largest absolute Gasteiger partial charge is 0.573 e. The molecule has 0 fully saturated rings. The maximum absolute atomic E-state index is 12.1. The lowest BCUT2D eigenvalue weighted by Gasteiger charge is -2.12. The van der Waals surface area contributed by atoms with Crippen LogP contribution in [0, 0.1) is 0 Å². The van der Waals surface area contributed by atoms with E-state index in [1.807, 2.05) is 0 Å². The van der Waals surface area contributed by atoms with Gasteiger partial charge < -0.3 is 9.26 Å². The van der Waals surface area contributed by atoms with E-state index in [1.165, 1.54) is 0 Å². The number of halogens is 3. The lowest BCUT2D eigenvalue weighted by molar-refractivity contribution is -0.275. The minimum absolute atomic E-state index is 0.785. The minimum atomic E-state index is -5.07. The van der Waals surface area contributed by atoms with Gasteiger partial charge in [-0.05, 0) is 12.1 Å². The fourth-order valence-corrected chi connectivity index (χ4v) is 2.98. The highest BCUT2D eigenvalue weighted by molar-refractivity contribution is 7.89. The fourth-order valence-electron chi connectivity index (χ4n) is 1.03. The van der Waals surface area contributed by atoms with E-state index in [-0.39, 0.29) is 0 Å². The Bertz CT molecular complexity index is 570. The summed E-state index contributed by atoms with van der Waals surface area (Å²) in [7, 11) is -7.13. The van der Waals surface area contributed by atoms with E-state index in [9.17, 15) is 26.2 Å². The van der Waals surface area contributed by atoms with E-state index < -0.39 is 35.4 Å². The van der Waals surface area contributed by atoms with Gasteiger partial charge in [-0.3, -0.25) is 4.57 Å². The first-order valence-corrected chi connectivity index (χ1v) is 7.16. The second-order valence-electron chi connectivity index (χ2n) is 2.99. The number of benzene rings is 1. The van der Waals surface area contributed by atoms with Crippen molar-refractivity contribution in [3.8, 4) is 5.75 Å². The summed E-state index contributed by atoms with van der Waals surface area (Å²) in [6, 6.07) is 3.90. The van der Waals surface area contributed by atoms with Gasteiger partial charge in [-0.15, -0.1) is 13.2 Å². The van der Waals surface area contributed by atoms with E-state index in [4.69, 9.17) is 0 Å². The number of rotatable bonds is 5. The van der Waals surface area contributed by atoms with Gasteiger partial charge in [-0.25, -0.2) is 0 Å². The van der Waals surface area contributed by atoms with Gasteiger partial charge in [0, 0.05) is 7.11 Å². The summed E-state index contributed by atoms with van der Waals surface area (Å²) in [5.41, 5.74) is 0. The third kappa shape index (κ3) is 4.83. The van der Waals surface area contributed by atoms with E-state index in [1.54, 1.807) is 0 Å². The average molecular weight is 320 g/mol. The molecule has 0 radical (unpaired) electrons. The Kier molecular flexibility index (Phi) is 4.97. The zero-order valence-electron chi connectivity index (χ0n) is 9.30. The zero-order valence-corrected chi connectivity index (χ0v) is 11.1. The third-order valence-corrected chi connectivity index (χ3v) is 4.32. The summed E-state index contributed by atoms with van der Waals surface area (Å²) < 4.78 is 82.1. The number of ether oxygens (including phenoxy) is 1. The molecule has 1 aromatic rings. The van der Waals surface area contributed by atoms with Gasteiger partial charge in [0.2, 0.25) is 0 Å². The summed E-state index contributed by atoms with van der Waals surface area (Å²) >= 11 is 0. The van der Waals surface area contributed by atoms with Gasteiger partial charge in [-0.1, -0.05) is 12.1 Å². The Morgan fingerprint density at radius 2 is 1.79 bits per heavy atom. The topological polar surface area (TPSA) is 78.9 Å². The van der Waals surface area contributed by atoms with Crippen LogP contribution in [0.3, 0.4) is 0 Å². The molecule has 0 aliphatic carbocycles. The molecule has 1 unspecified atom stereocenters. The fraction of sp³-hybridized carbons (Fsp3) is 0.250. The first-order chi connectivity index (χ1) is 8.65. The van der Waals surface area contributed by atoms with Crippen LogP contribution in [0.4, 0.5) is 13.2 Å². The van der Waals surface area contributed by atoms with Crippen molar-refractivity contribution in [2.45, 2.75) is 11.3 Å². The van der Waals surface area contributed by atoms with Crippen LogP contribution in [-0.4, -0.2) is 21.9 Å². The Labute approximate surface area is 107 Å². The Morgan fingerprint density at radius 1 is 1.21 bits per heavy atom. The lowest BCUT2D eigenvalue weighted by atomic mass is 10.3. The lowest BCUT2D eigenvalue weighted by Crippen LogP contribution is -2.19. The molecule has 19 heavy (non-hydrogen) atoms. The molecule has 1 aromatic carbocycles. The summed E-state index contributed by atoms with van der Waals surface area (Å²) in [6.45, 7) is 0. The standard InChI is InChI=1S/C8H8F3O6PS/c1-15-18(12)17-19(13,14)7-5-3-2-4-6(7)16-8(9,10)11/h2-5,18H,1H3.